The lowest BCUT2D eigenvalue weighted by Gasteiger charge is -2.20. The first-order valence-electron chi connectivity index (χ1n) is 9.11. The van der Waals surface area contributed by atoms with Crippen molar-refractivity contribution in [2.75, 3.05) is 0 Å². The molecule has 1 aromatic carbocycles. The lowest BCUT2D eigenvalue weighted by atomic mass is 9.88. The molecule has 1 aromatic rings. The molecule has 1 atom stereocenters. The fourth-order valence-electron chi connectivity index (χ4n) is 2.38. The van der Waals surface area contributed by atoms with Gasteiger partial charge < -0.3 is 5.73 Å². The first-order valence-corrected chi connectivity index (χ1v) is 9.11. The minimum absolute atomic E-state index is 0.279. The molecule has 148 valence electrons. The summed E-state index contributed by atoms with van der Waals surface area (Å²) >= 11 is 0. The Balaban J connectivity index is 0. The van der Waals surface area contributed by atoms with Crippen LogP contribution in [0.1, 0.15) is 71.9 Å². The number of rotatable bonds is 5. The molecule has 0 radical (unpaired) electrons. The van der Waals surface area contributed by atoms with Gasteiger partial charge in [0.2, 0.25) is 0 Å². The average molecular weight is 370 g/mol. The monoisotopic (exact) mass is 369 g/mol. The first-order chi connectivity index (χ1) is 12.2. The van der Waals surface area contributed by atoms with E-state index in [-0.39, 0.29) is 5.92 Å². The van der Waals surface area contributed by atoms with Crippen LogP contribution < -0.4 is 5.73 Å². The highest BCUT2D eigenvalue weighted by atomic mass is 19.4. The Bertz CT molecular complexity index is 596. The van der Waals surface area contributed by atoms with Gasteiger partial charge in [0.15, 0.2) is 0 Å². The van der Waals surface area contributed by atoms with E-state index in [1.807, 2.05) is 53.7 Å². The van der Waals surface area contributed by atoms with Crippen molar-refractivity contribution in [2.45, 2.75) is 67.0 Å². The van der Waals surface area contributed by atoms with E-state index >= 15 is 0 Å². The summed E-state index contributed by atoms with van der Waals surface area (Å²) in [4.78, 5) is 0. The standard InChI is InChI=1S/C18H22F3N.2C2H6/c1-5-8-15(13(3)14(4)22)11-12(2)16-9-6-7-10-17(16)18(19,20)21;2*1-2/h5-10,12H,4,11,22H2,1-3H3;2*1-2H3/b8-5-,15-13-;;/t12-;;/m0../s1. The molecule has 0 heterocycles. The zero-order valence-electron chi connectivity index (χ0n) is 17.2. The van der Waals surface area contributed by atoms with Gasteiger partial charge in [-0.3, -0.25) is 0 Å². The normalized spacial score (nSPS) is 13.0. The van der Waals surface area contributed by atoms with E-state index in [0.29, 0.717) is 17.7 Å². The number of halogens is 3. The summed E-state index contributed by atoms with van der Waals surface area (Å²) < 4.78 is 39.4. The topological polar surface area (TPSA) is 26.0 Å². The molecule has 4 heteroatoms. The fraction of sp³-hybridized carbons (Fsp3) is 0.455. The summed E-state index contributed by atoms with van der Waals surface area (Å²) in [5, 5.41) is 0. The third-order valence-corrected chi connectivity index (χ3v) is 3.65. The summed E-state index contributed by atoms with van der Waals surface area (Å²) in [6, 6.07) is 5.70. The van der Waals surface area contributed by atoms with Gasteiger partial charge in [-0.15, -0.1) is 0 Å². The number of nitrogens with two attached hydrogens (primary N) is 1. The minimum atomic E-state index is -4.35. The highest BCUT2D eigenvalue weighted by molar-refractivity contribution is 5.39. The van der Waals surface area contributed by atoms with Gasteiger partial charge in [-0.05, 0) is 49.0 Å². The van der Waals surface area contributed by atoms with E-state index in [2.05, 4.69) is 6.58 Å². The molecule has 0 fully saturated rings. The SMILES string of the molecule is C=C(N)/C(C)=C(/C=C\C)C[C@H](C)c1ccccc1C(F)(F)F.CC.CC. The van der Waals surface area contributed by atoms with Crippen molar-refractivity contribution < 1.29 is 13.2 Å². The molecule has 26 heavy (non-hydrogen) atoms. The largest absolute Gasteiger partial charge is 0.416 e. The molecule has 0 saturated carbocycles. The van der Waals surface area contributed by atoms with E-state index < -0.39 is 11.7 Å². The summed E-state index contributed by atoms with van der Waals surface area (Å²) in [5.74, 6) is -0.279. The van der Waals surface area contributed by atoms with Crippen molar-refractivity contribution in [3.8, 4) is 0 Å². The van der Waals surface area contributed by atoms with E-state index in [1.165, 1.54) is 12.1 Å². The van der Waals surface area contributed by atoms with Crippen LogP contribution in [0, 0.1) is 0 Å². The summed E-state index contributed by atoms with van der Waals surface area (Å²) in [6.07, 6.45) is -0.147. The van der Waals surface area contributed by atoms with Crippen LogP contribution in [0.25, 0.3) is 0 Å². The maximum absolute atomic E-state index is 13.1. The van der Waals surface area contributed by atoms with Crippen LogP contribution >= 0.6 is 0 Å². The highest BCUT2D eigenvalue weighted by Crippen LogP contribution is 2.37. The smallest absolute Gasteiger partial charge is 0.399 e. The van der Waals surface area contributed by atoms with Gasteiger partial charge in [0.05, 0.1) is 5.56 Å². The van der Waals surface area contributed by atoms with Crippen LogP contribution in [-0.2, 0) is 6.18 Å². The zero-order chi connectivity index (χ0) is 20.9. The maximum Gasteiger partial charge on any atom is 0.416 e. The van der Waals surface area contributed by atoms with Crippen molar-refractivity contribution in [3.63, 3.8) is 0 Å². The predicted molar refractivity (Wildman–Crippen MR) is 108 cm³/mol. The number of benzene rings is 1. The maximum atomic E-state index is 13.1. The number of allylic oxidation sites excluding steroid dienone is 4. The Morgan fingerprint density at radius 2 is 1.65 bits per heavy atom. The Morgan fingerprint density at radius 3 is 2.08 bits per heavy atom. The molecule has 0 unspecified atom stereocenters. The molecule has 1 rings (SSSR count). The molecule has 0 aliphatic heterocycles. The van der Waals surface area contributed by atoms with Gasteiger partial charge in [0.25, 0.3) is 0 Å². The Hall–Kier alpha value is -1.97. The van der Waals surface area contributed by atoms with Crippen molar-refractivity contribution in [2.24, 2.45) is 5.73 Å². The lowest BCUT2D eigenvalue weighted by molar-refractivity contribution is -0.138. The summed E-state index contributed by atoms with van der Waals surface area (Å²) in [7, 11) is 0. The van der Waals surface area contributed by atoms with Gasteiger partial charge in [-0.2, -0.15) is 13.2 Å². The first kappa shape index (κ1) is 26.3. The van der Waals surface area contributed by atoms with Crippen molar-refractivity contribution in [3.05, 3.63) is 71.0 Å². The molecule has 0 bridgehead atoms. The minimum Gasteiger partial charge on any atom is -0.399 e. The Labute approximate surface area is 157 Å². The van der Waals surface area contributed by atoms with Crippen LogP contribution in [-0.4, -0.2) is 0 Å². The molecule has 0 saturated heterocycles. The van der Waals surface area contributed by atoms with Gasteiger partial charge >= 0.3 is 6.18 Å². The second kappa shape index (κ2) is 13.3. The van der Waals surface area contributed by atoms with E-state index in [0.717, 1.165) is 17.2 Å². The molecule has 0 spiro atoms. The van der Waals surface area contributed by atoms with Crippen molar-refractivity contribution in [1.29, 1.82) is 0 Å². The van der Waals surface area contributed by atoms with Gasteiger partial charge in [-0.25, -0.2) is 0 Å². The van der Waals surface area contributed by atoms with E-state index in [9.17, 15) is 13.2 Å². The molecular formula is C22H34F3N. The quantitative estimate of drug-likeness (QED) is 0.531. The van der Waals surface area contributed by atoms with Gasteiger partial charge in [0, 0.05) is 5.70 Å². The predicted octanol–water partition coefficient (Wildman–Crippen LogP) is 7.62. The van der Waals surface area contributed by atoms with Crippen LogP contribution in [0.15, 0.2) is 59.8 Å². The zero-order valence-corrected chi connectivity index (χ0v) is 17.2. The Kier molecular flexibility index (Phi) is 13.4. The summed E-state index contributed by atoms with van der Waals surface area (Å²) in [5.41, 5.74) is 7.59. The Morgan fingerprint density at radius 1 is 1.15 bits per heavy atom. The van der Waals surface area contributed by atoms with E-state index in [4.69, 9.17) is 5.73 Å². The van der Waals surface area contributed by atoms with Gasteiger partial charge in [-0.1, -0.05) is 71.5 Å². The van der Waals surface area contributed by atoms with Crippen LogP contribution in [0.3, 0.4) is 0 Å². The molecule has 0 aromatic heterocycles. The third kappa shape index (κ3) is 8.41. The lowest BCUT2D eigenvalue weighted by Crippen LogP contribution is -2.11. The molecule has 0 amide bonds. The number of hydrogen-bond donors (Lipinski definition) is 1. The average Bonchev–Trinajstić information content (AvgIpc) is 2.63. The molecule has 0 aliphatic carbocycles. The van der Waals surface area contributed by atoms with Crippen molar-refractivity contribution >= 4 is 0 Å². The highest BCUT2D eigenvalue weighted by Gasteiger charge is 2.34. The second-order valence-electron chi connectivity index (χ2n) is 5.37. The van der Waals surface area contributed by atoms with Crippen LogP contribution in [0.4, 0.5) is 13.2 Å². The van der Waals surface area contributed by atoms with Crippen molar-refractivity contribution in [1.82, 2.24) is 0 Å². The molecular weight excluding hydrogens is 335 g/mol. The number of alkyl halides is 3. The molecule has 1 nitrogen and oxygen atoms in total. The summed E-state index contributed by atoms with van der Waals surface area (Å²) in [6.45, 7) is 17.2. The fourth-order valence-corrected chi connectivity index (χ4v) is 2.38. The third-order valence-electron chi connectivity index (χ3n) is 3.65. The van der Waals surface area contributed by atoms with Crippen LogP contribution in [0.2, 0.25) is 0 Å². The molecule has 0 aliphatic rings. The van der Waals surface area contributed by atoms with E-state index in [1.54, 1.807) is 13.0 Å². The molecule has 2 N–H and O–H groups in total. The van der Waals surface area contributed by atoms with Crippen LogP contribution in [0.5, 0.6) is 0 Å². The van der Waals surface area contributed by atoms with Gasteiger partial charge in [0.1, 0.15) is 0 Å². The number of hydrogen-bond acceptors (Lipinski definition) is 1. The second-order valence-corrected chi connectivity index (χ2v) is 5.37.